The third-order valence-electron chi connectivity index (χ3n) is 5.80. The highest BCUT2D eigenvalue weighted by molar-refractivity contribution is 14.0. The Bertz CT molecular complexity index is 671. The summed E-state index contributed by atoms with van der Waals surface area (Å²) >= 11 is 0. The molecule has 2 atom stereocenters. The van der Waals surface area contributed by atoms with Crippen LogP contribution in [0.2, 0.25) is 0 Å². The number of para-hydroxylation sites is 1. The minimum atomic E-state index is -0.160. The van der Waals surface area contributed by atoms with Crippen molar-refractivity contribution in [1.82, 2.24) is 15.5 Å². The first-order chi connectivity index (χ1) is 14.2. The number of amides is 1. The maximum Gasteiger partial charge on any atom is 0.221 e. The van der Waals surface area contributed by atoms with Gasteiger partial charge in [0.05, 0.1) is 5.92 Å². The molecule has 0 spiro atoms. The predicted molar refractivity (Wildman–Crippen MR) is 135 cm³/mol. The molecule has 0 aliphatic carbocycles. The van der Waals surface area contributed by atoms with Crippen LogP contribution in [0, 0.1) is 5.92 Å². The van der Waals surface area contributed by atoms with Crippen LogP contribution in [-0.2, 0) is 4.79 Å². The molecule has 1 amide bonds. The van der Waals surface area contributed by atoms with E-state index in [4.69, 9.17) is 10.7 Å². The molecule has 0 bridgehead atoms. The fourth-order valence-electron chi connectivity index (χ4n) is 4.24. The molecule has 1 aromatic carbocycles. The summed E-state index contributed by atoms with van der Waals surface area (Å²) in [5.74, 6) is 0.759. The summed E-state index contributed by atoms with van der Waals surface area (Å²) in [6, 6.07) is 11.0. The van der Waals surface area contributed by atoms with Crippen LogP contribution in [0.4, 0.5) is 5.69 Å². The summed E-state index contributed by atoms with van der Waals surface area (Å²) in [5.41, 5.74) is 6.76. The highest BCUT2D eigenvalue weighted by Crippen LogP contribution is 2.19. The van der Waals surface area contributed by atoms with Crippen molar-refractivity contribution < 1.29 is 4.79 Å². The Labute approximate surface area is 197 Å². The van der Waals surface area contributed by atoms with Gasteiger partial charge in [-0.05, 0) is 57.8 Å². The van der Waals surface area contributed by atoms with Gasteiger partial charge in [0.2, 0.25) is 5.91 Å². The lowest BCUT2D eigenvalue weighted by Crippen LogP contribution is -2.45. The fraction of sp³-hybridized carbons (Fsp3) is 0.636. The molecule has 2 saturated heterocycles. The molecular weight excluding hydrogens is 491 g/mol. The van der Waals surface area contributed by atoms with Crippen molar-refractivity contribution in [2.75, 3.05) is 50.7 Å². The van der Waals surface area contributed by atoms with Crippen LogP contribution in [-0.4, -0.2) is 68.6 Å². The molecule has 2 aliphatic heterocycles. The number of anilines is 1. The van der Waals surface area contributed by atoms with Crippen molar-refractivity contribution in [3.63, 3.8) is 0 Å². The molecule has 4 N–H and O–H groups in total. The number of hydrogen-bond donors (Lipinski definition) is 3. The van der Waals surface area contributed by atoms with Gasteiger partial charge in [-0.1, -0.05) is 18.2 Å². The van der Waals surface area contributed by atoms with Crippen molar-refractivity contribution in [3.05, 3.63) is 30.3 Å². The average Bonchev–Trinajstić information content (AvgIpc) is 3.21. The molecule has 1 aromatic rings. The van der Waals surface area contributed by atoms with E-state index >= 15 is 0 Å². The van der Waals surface area contributed by atoms with E-state index in [1.54, 1.807) is 0 Å². The number of aliphatic imine (C=N–C) groups is 1. The van der Waals surface area contributed by atoms with E-state index in [1.165, 1.54) is 5.69 Å². The lowest BCUT2D eigenvalue weighted by atomic mass is 9.97. The normalized spacial score (nSPS) is 22.4. The molecule has 0 aromatic heterocycles. The van der Waals surface area contributed by atoms with Crippen molar-refractivity contribution in [2.24, 2.45) is 16.6 Å². The number of nitrogens with two attached hydrogens (primary N) is 1. The van der Waals surface area contributed by atoms with Gasteiger partial charge in [-0.15, -0.1) is 24.0 Å². The number of likely N-dealkylation sites (tertiary alicyclic amines) is 1. The maximum atomic E-state index is 11.4. The molecule has 2 fully saturated rings. The van der Waals surface area contributed by atoms with E-state index in [0.29, 0.717) is 6.04 Å². The Balaban J connectivity index is 0.00000320. The van der Waals surface area contributed by atoms with Gasteiger partial charge in [-0.2, -0.15) is 0 Å². The van der Waals surface area contributed by atoms with Crippen LogP contribution in [0.1, 0.15) is 32.6 Å². The number of halogens is 1. The second kappa shape index (κ2) is 13.0. The Morgan fingerprint density at radius 3 is 2.73 bits per heavy atom. The number of primary amides is 1. The van der Waals surface area contributed by atoms with E-state index < -0.39 is 0 Å². The lowest BCUT2D eigenvalue weighted by molar-refractivity contribution is -0.123. The molecule has 30 heavy (non-hydrogen) atoms. The molecule has 0 radical (unpaired) electrons. The topological polar surface area (TPSA) is 86.0 Å². The SMILES string of the molecule is CCNC(=NCCCN1CCCC(C(N)=O)C1)NC1CCN(c2ccccc2)C1.I. The highest BCUT2D eigenvalue weighted by atomic mass is 127. The number of carbonyl (C=O) groups excluding carboxylic acids is 1. The van der Waals surface area contributed by atoms with Gasteiger partial charge in [0.1, 0.15) is 0 Å². The molecule has 2 unspecified atom stereocenters. The first kappa shape index (κ1) is 24.7. The number of benzene rings is 1. The smallest absolute Gasteiger partial charge is 0.221 e. The summed E-state index contributed by atoms with van der Waals surface area (Å²) in [4.78, 5) is 21.0. The zero-order valence-electron chi connectivity index (χ0n) is 18.1. The molecule has 2 heterocycles. The Hall–Kier alpha value is -1.55. The predicted octanol–water partition coefficient (Wildman–Crippen LogP) is 2.03. The second-order valence-electron chi connectivity index (χ2n) is 8.07. The van der Waals surface area contributed by atoms with Crippen LogP contribution < -0.4 is 21.3 Å². The standard InChI is InChI=1S/C22H36N6O.HI/c1-2-24-22(25-12-7-14-27-13-6-8-18(16-27)21(23)29)26-19-11-15-28(17-19)20-9-4-3-5-10-20;/h3-5,9-10,18-19H,2,6-8,11-17H2,1H3,(H2,23,29)(H2,24,25,26);1H. The van der Waals surface area contributed by atoms with E-state index in [2.05, 4.69) is 57.7 Å². The van der Waals surface area contributed by atoms with E-state index in [-0.39, 0.29) is 35.8 Å². The molecule has 8 heteroatoms. The van der Waals surface area contributed by atoms with Gasteiger partial charge in [-0.3, -0.25) is 9.79 Å². The van der Waals surface area contributed by atoms with Gasteiger partial charge in [0.15, 0.2) is 5.96 Å². The van der Waals surface area contributed by atoms with E-state index in [1.807, 2.05) is 0 Å². The minimum absolute atomic E-state index is 0. The van der Waals surface area contributed by atoms with Gasteiger partial charge >= 0.3 is 0 Å². The third kappa shape index (κ3) is 7.61. The number of hydrogen-bond acceptors (Lipinski definition) is 4. The molecular formula is C22H37IN6O. The monoisotopic (exact) mass is 528 g/mol. The summed E-state index contributed by atoms with van der Waals surface area (Å²) in [6.07, 6.45) is 4.09. The number of piperidine rings is 1. The first-order valence-corrected chi connectivity index (χ1v) is 11.0. The molecule has 168 valence electrons. The zero-order valence-corrected chi connectivity index (χ0v) is 20.4. The van der Waals surface area contributed by atoms with Crippen molar-refractivity contribution in [2.45, 2.75) is 38.6 Å². The van der Waals surface area contributed by atoms with Crippen molar-refractivity contribution in [3.8, 4) is 0 Å². The minimum Gasteiger partial charge on any atom is -0.369 e. The van der Waals surface area contributed by atoms with Crippen LogP contribution in [0.5, 0.6) is 0 Å². The Morgan fingerprint density at radius 2 is 2.00 bits per heavy atom. The summed E-state index contributed by atoms with van der Waals surface area (Å²) < 4.78 is 0. The Morgan fingerprint density at radius 1 is 1.20 bits per heavy atom. The summed E-state index contributed by atoms with van der Waals surface area (Å²) in [7, 11) is 0. The highest BCUT2D eigenvalue weighted by Gasteiger charge is 2.24. The quantitative estimate of drug-likeness (QED) is 0.208. The lowest BCUT2D eigenvalue weighted by Gasteiger charge is -2.30. The number of carbonyl (C=O) groups is 1. The van der Waals surface area contributed by atoms with E-state index in [0.717, 1.165) is 77.5 Å². The fourth-order valence-corrected chi connectivity index (χ4v) is 4.24. The van der Waals surface area contributed by atoms with Crippen LogP contribution >= 0.6 is 24.0 Å². The second-order valence-corrected chi connectivity index (χ2v) is 8.07. The molecule has 7 nitrogen and oxygen atoms in total. The summed E-state index contributed by atoms with van der Waals surface area (Å²) in [6.45, 7) is 8.62. The molecule has 0 saturated carbocycles. The zero-order chi connectivity index (χ0) is 20.5. The van der Waals surface area contributed by atoms with Gasteiger partial charge < -0.3 is 26.2 Å². The Kier molecular flexibility index (Phi) is 10.7. The molecule has 3 rings (SSSR count). The van der Waals surface area contributed by atoms with Gasteiger partial charge in [0.25, 0.3) is 0 Å². The number of nitrogens with one attached hydrogen (secondary N) is 2. The number of guanidine groups is 1. The largest absolute Gasteiger partial charge is 0.369 e. The van der Waals surface area contributed by atoms with Crippen molar-refractivity contribution >= 4 is 41.5 Å². The average molecular weight is 528 g/mol. The van der Waals surface area contributed by atoms with Crippen LogP contribution in [0.15, 0.2) is 35.3 Å². The number of nitrogens with zero attached hydrogens (tertiary/aromatic N) is 3. The van der Waals surface area contributed by atoms with Gasteiger partial charge in [-0.25, -0.2) is 0 Å². The summed E-state index contributed by atoms with van der Waals surface area (Å²) in [5, 5.41) is 6.97. The van der Waals surface area contributed by atoms with E-state index in [9.17, 15) is 4.79 Å². The number of rotatable bonds is 8. The van der Waals surface area contributed by atoms with Gasteiger partial charge in [0, 0.05) is 44.5 Å². The third-order valence-corrected chi connectivity index (χ3v) is 5.80. The van der Waals surface area contributed by atoms with Crippen LogP contribution in [0.3, 0.4) is 0 Å². The van der Waals surface area contributed by atoms with Crippen LogP contribution in [0.25, 0.3) is 0 Å². The molecule has 2 aliphatic rings. The maximum absolute atomic E-state index is 11.4. The van der Waals surface area contributed by atoms with Crippen molar-refractivity contribution in [1.29, 1.82) is 0 Å². The first-order valence-electron chi connectivity index (χ1n) is 11.0.